The number of rotatable bonds is 2. The van der Waals surface area contributed by atoms with Crippen LogP contribution >= 0.6 is 0 Å². The number of aromatic nitrogens is 2. The summed E-state index contributed by atoms with van der Waals surface area (Å²) in [5.74, 6) is -1.38. The van der Waals surface area contributed by atoms with Gasteiger partial charge in [0.25, 0.3) is 0 Å². The van der Waals surface area contributed by atoms with Crippen LogP contribution in [0.4, 0.5) is 14.6 Å². The summed E-state index contributed by atoms with van der Waals surface area (Å²) < 4.78 is 26.8. The number of anilines is 1. The molecule has 1 heterocycles. The molecule has 0 fully saturated rings. The van der Waals surface area contributed by atoms with Crippen molar-refractivity contribution in [3.05, 3.63) is 35.4 Å². The van der Waals surface area contributed by atoms with Crippen LogP contribution in [0, 0.1) is 11.6 Å². The third-order valence-electron chi connectivity index (χ3n) is 2.63. The van der Waals surface area contributed by atoms with Crippen molar-refractivity contribution in [3.8, 4) is 11.3 Å². The van der Waals surface area contributed by atoms with E-state index in [2.05, 4.69) is 10.2 Å². The molecule has 0 aliphatic heterocycles. The fourth-order valence-electron chi connectivity index (χ4n) is 1.85. The number of nitrogen functional groups attached to an aromatic ring is 1. The molecule has 0 bridgehead atoms. The van der Waals surface area contributed by atoms with Crippen molar-refractivity contribution in [2.24, 2.45) is 0 Å². The standard InChI is InChI=1S/C12H13F2N3/c1-6(2)9-11(16-17-12(9)15)7-4-3-5-8(13)10(7)14/h3-6H,1-2H3,(H3,15,16,17). The third-order valence-corrected chi connectivity index (χ3v) is 2.63. The molecule has 1 aromatic heterocycles. The van der Waals surface area contributed by atoms with Crippen LogP contribution in [0.3, 0.4) is 0 Å². The van der Waals surface area contributed by atoms with Gasteiger partial charge in [0.15, 0.2) is 11.6 Å². The molecule has 5 heteroatoms. The minimum atomic E-state index is -0.891. The summed E-state index contributed by atoms with van der Waals surface area (Å²) in [6.45, 7) is 3.84. The molecule has 0 radical (unpaired) electrons. The van der Waals surface area contributed by atoms with Crippen LogP contribution in [0.1, 0.15) is 25.3 Å². The van der Waals surface area contributed by atoms with E-state index in [0.717, 1.165) is 6.07 Å². The van der Waals surface area contributed by atoms with Crippen molar-refractivity contribution in [1.82, 2.24) is 10.2 Å². The van der Waals surface area contributed by atoms with Gasteiger partial charge in [-0.1, -0.05) is 19.9 Å². The van der Waals surface area contributed by atoms with Crippen LogP contribution in [-0.4, -0.2) is 10.2 Å². The van der Waals surface area contributed by atoms with Crippen LogP contribution in [-0.2, 0) is 0 Å². The molecule has 1 aromatic carbocycles. The molecule has 17 heavy (non-hydrogen) atoms. The van der Waals surface area contributed by atoms with Gasteiger partial charge in [-0.05, 0) is 18.1 Å². The first-order valence-electron chi connectivity index (χ1n) is 5.30. The molecule has 0 aliphatic rings. The number of hydrogen-bond acceptors (Lipinski definition) is 2. The van der Waals surface area contributed by atoms with E-state index in [1.54, 1.807) is 0 Å². The Morgan fingerprint density at radius 3 is 2.65 bits per heavy atom. The van der Waals surface area contributed by atoms with E-state index in [1.807, 2.05) is 13.8 Å². The quantitative estimate of drug-likeness (QED) is 0.843. The highest BCUT2D eigenvalue weighted by Gasteiger charge is 2.19. The molecular weight excluding hydrogens is 224 g/mol. The van der Waals surface area contributed by atoms with Gasteiger partial charge in [0, 0.05) is 11.1 Å². The van der Waals surface area contributed by atoms with Crippen LogP contribution in [0.25, 0.3) is 11.3 Å². The fraction of sp³-hybridized carbons (Fsp3) is 0.250. The number of nitrogens with one attached hydrogen (secondary N) is 1. The minimum Gasteiger partial charge on any atom is -0.382 e. The summed E-state index contributed by atoms with van der Waals surface area (Å²) >= 11 is 0. The molecule has 2 aromatic rings. The predicted molar refractivity (Wildman–Crippen MR) is 62.4 cm³/mol. The lowest BCUT2D eigenvalue weighted by Crippen LogP contribution is -1.97. The zero-order valence-corrected chi connectivity index (χ0v) is 9.59. The smallest absolute Gasteiger partial charge is 0.168 e. The second-order valence-corrected chi connectivity index (χ2v) is 4.15. The maximum Gasteiger partial charge on any atom is 0.168 e. The van der Waals surface area contributed by atoms with Crippen molar-refractivity contribution in [3.63, 3.8) is 0 Å². The highest BCUT2D eigenvalue weighted by molar-refractivity contribution is 5.69. The molecule has 2 rings (SSSR count). The topological polar surface area (TPSA) is 54.7 Å². The number of hydrogen-bond donors (Lipinski definition) is 2. The van der Waals surface area contributed by atoms with Gasteiger partial charge >= 0.3 is 0 Å². The molecule has 0 saturated heterocycles. The second-order valence-electron chi connectivity index (χ2n) is 4.15. The molecule has 90 valence electrons. The van der Waals surface area contributed by atoms with Crippen LogP contribution in [0.15, 0.2) is 18.2 Å². The van der Waals surface area contributed by atoms with Gasteiger partial charge in [-0.3, -0.25) is 5.10 Å². The van der Waals surface area contributed by atoms with Gasteiger partial charge in [0.2, 0.25) is 0 Å². The highest BCUT2D eigenvalue weighted by atomic mass is 19.2. The van der Waals surface area contributed by atoms with Crippen molar-refractivity contribution in [1.29, 1.82) is 0 Å². The third kappa shape index (κ3) is 1.88. The summed E-state index contributed by atoms with van der Waals surface area (Å²) in [6, 6.07) is 4.03. The largest absolute Gasteiger partial charge is 0.382 e. The Balaban J connectivity index is 2.65. The molecule has 0 atom stereocenters. The first kappa shape index (κ1) is 11.6. The van der Waals surface area contributed by atoms with E-state index in [9.17, 15) is 8.78 Å². The van der Waals surface area contributed by atoms with E-state index < -0.39 is 11.6 Å². The van der Waals surface area contributed by atoms with Crippen molar-refractivity contribution in [2.45, 2.75) is 19.8 Å². The summed E-state index contributed by atoms with van der Waals surface area (Å²) in [5.41, 5.74) is 7.00. The predicted octanol–water partition coefficient (Wildman–Crippen LogP) is 3.06. The van der Waals surface area contributed by atoms with Gasteiger partial charge in [-0.15, -0.1) is 0 Å². The molecule has 0 amide bonds. The van der Waals surface area contributed by atoms with E-state index in [1.165, 1.54) is 12.1 Å². The maximum absolute atomic E-state index is 13.7. The molecule has 3 nitrogen and oxygen atoms in total. The lowest BCUT2D eigenvalue weighted by molar-refractivity contribution is 0.511. The van der Waals surface area contributed by atoms with Gasteiger partial charge in [0.1, 0.15) is 5.82 Å². The Morgan fingerprint density at radius 1 is 1.29 bits per heavy atom. The first-order chi connectivity index (χ1) is 8.02. The van der Waals surface area contributed by atoms with Gasteiger partial charge in [0.05, 0.1) is 5.69 Å². The van der Waals surface area contributed by atoms with Crippen molar-refractivity contribution < 1.29 is 8.78 Å². The Kier molecular flexibility index (Phi) is 2.83. The maximum atomic E-state index is 13.7. The molecular formula is C12H13F2N3. The fourth-order valence-corrected chi connectivity index (χ4v) is 1.85. The monoisotopic (exact) mass is 237 g/mol. The van der Waals surface area contributed by atoms with Gasteiger partial charge in [-0.2, -0.15) is 5.10 Å². The summed E-state index contributed by atoms with van der Waals surface area (Å²) in [4.78, 5) is 0. The molecule has 3 N–H and O–H groups in total. The molecule has 0 unspecified atom stereocenters. The molecule has 0 aliphatic carbocycles. The number of aromatic amines is 1. The Morgan fingerprint density at radius 2 is 2.00 bits per heavy atom. The minimum absolute atomic E-state index is 0.0754. The lowest BCUT2D eigenvalue weighted by Gasteiger charge is -2.08. The van der Waals surface area contributed by atoms with Crippen LogP contribution in [0.2, 0.25) is 0 Å². The van der Waals surface area contributed by atoms with E-state index in [0.29, 0.717) is 17.1 Å². The SMILES string of the molecule is CC(C)c1c(N)n[nH]c1-c1cccc(F)c1F. The number of halogens is 2. The van der Waals surface area contributed by atoms with Gasteiger partial charge < -0.3 is 5.73 Å². The first-order valence-corrected chi connectivity index (χ1v) is 5.30. The Hall–Kier alpha value is -1.91. The number of nitrogens with two attached hydrogens (primary N) is 1. The average molecular weight is 237 g/mol. The average Bonchev–Trinajstić information content (AvgIpc) is 2.64. The number of benzene rings is 1. The second kappa shape index (κ2) is 4.16. The summed E-state index contributed by atoms with van der Waals surface area (Å²) in [7, 11) is 0. The van der Waals surface area contributed by atoms with E-state index >= 15 is 0 Å². The number of H-pyrrole nitrogens is 1. The van der Waals surface area contributed by atoms with E-state index in [-0.39, 0.29) is 11.5 Å². The van der Waals surface area contributed by atoms with Crippen molar-refractivity contribution >= 4 is 5.82 Å². The van der Waals surface area contributed by atoms with Crippen LogP contribution in [0.5, 0.6) is 0 Å². The van der Waals surface area contributed by atoms with Crippen LogP contribution < -0.4 is 5.73 Å². The Labute approximate surface area is 97.7 Å². The summed E-state index contributed by atoms with van der Waals surface area (Å²) in [6.07, 6.45) is 0. The number of nitrogens with zero attached hydrogens (tertiary/aromatic N) is 1. The Bertz CT molecular complexity index is 547. The normalized spacial score (nSPS) is 11.1. The molecule has 0 saturated carbocycles. The highest BCUT2D eigenvalue weighted by Crippen LogP contribution is 2.33. The van der Waals surface area contributed by atoms with Crippen molar-refractivity contribution in [2.75, 3.05) is 5.73 Å². The summed E-state index contributed by atoms with van der Waals surface area (Å²) in [5, 5.41) is 6.51. The zero-order valence-electron chi connectivity index (χ0n) is 9.59. The van der Waals surface area contributed by atoms with Gasteiger partial charge in [-0.25, -0.2) is 8.78 Å². The zero-order chi connectivity index (χ0) is 12.6. The van der Waals surface area contributed by atoms with E-state index in [4.69, 9.17) is 5.73 Å². The lowest BCUT2D eigenvalue weighted by atomic mass is 9.98. The molecule has 0 spiro atoms.